The number of aryl methyl sites for hydroxylation is 1. The molecule has 128 valence electrons. The molecule has 0 saturated heterocycles. The molecule has 0 spiro atoms. The summed E-state index contributed by atoms with van der Waals surface area (Å²) < 4.78 is 21.3. The average molecular weight is 346 g/mol. The zero-order valence-corrected chi connectivity index (χ0v) is 14.0. The predicted molar refractivity (Wildman–Crippen MR) is 98.8 cm³/mol. The molecule has 0 unspecified atom stereocenters. The van der Waals surface area contributed by atoms with Crippen molar-refractivity contribution < 1.29 is 13.9 Å². The molecule has 1 aromatic heterocycles. The highest BCUT2D eigenvalue weighted by Gasteiger charge is 2.30. The number of anilines is 1. The second-order valence-electron chi connectivity index (χ2n) is 6.54. The van der Waals surface area contributed by atoms with Crippen LogP contribution in [0.4, 0.5) is 10.1 Å². The molecule has 1 N–H and O–H groups in total. The Kier molecular flexibility index (Phi) is 3.06. The Labute approximate surface area is 149 Å². The van der Waals surface area contributed by atoms with Crippen LogP contribution in [0, 0.1) is 5.82 Å². The smallest absolute Gasteiger partial charge is 0.260 e. The van der Waals surface area contributed by atoms with Crippen LogP contribution in [0.25, 0.3) is 22.0 Å². The van der Waals surface area contributed by atoms with Crippen LogP contribution in [0.2, 0.25) is 0 Å². The maximum absolute atomic E-state index is 13.4. The third-order valence-corrected chi connectivity index (χ3v) is 4.92. The number of ether oxygens (including phenoxy) is 1. The largest absolute Gasteiger partial charge is 0.488 e. The molecule has 0 radical (unpaired) electrons. The van der Waals surface area contributed by atoms with Crippen molar-refractivity contribution in [2.24, 2.45) is 7.05 Å². The average Bonchev–Trinajstić information content (AvgIpc) is 3.31. The molecule has 2 aliphatic heterocycles. The van der Waals surface area contributed by atoms with E-state index >= 15 is 0 Å². The first-order chi connectivity index (χ1) is 12.6. The number of aromatic nitrogens is 1. The topological polar surface area (TPSA) is 43.3 Å². The van der Waals surface area contributed by atoms with Crippen molar-refractivity contribution in [3.8, 4) is 0 Å². The number of hydrogen-bond donors (Lipinski definition) is 1. The van der Waals surface area contributed by atoms with Crippen molar-refractivity contribution in [1.29, 1.82) is 0 Å². The molecule has 0 saturated carbocycles. The molecule has 2 aliphatic rings. The number of rotatable bonds is 1. The fourth-order valence-electron chi connectivity index (χ4n) is 3.58. The number of halogens is 1. The van der Waals surface area contributed by atoms with Gasteiger partial charge in [-0.25, -0.2) is 4.39 Å². The number of nitrogens with one attached hydrogen (secondary N) is 1. The van der Waals surface area contributed by atoms with E-state index in [1.165, 1.54) is 12.1 Å². The van der Waals surface area contributed by atoms with Gasteiger partial charge in [0.15, 0.2) is 0 Å². The van der Waals surface area contributed by atoms with Crippen molar-refractivity contribution in [2.75, 3.05) is 11.9 Å². The fraction of sp³-hybridized carbons (Fsp3) is 0.0952. The lowest BCUT2D eigenvalue weighted by Gasteiger charge is -2.03. The van der Waals surface area contributed by atoms with Crippen LogP contribution >= 0.6 is 0 Å². The summed E-state index contributed by atoms with van der Waals surface area (Å²) in [4.78, 5) is 12.3. The minimum absolute atomic E-state index is 0.267. The fourth-order valence-corrected chi connectivity index (χ4v) is 3.58. The second-order valence-corrected chi connectivity index (χ2v) is 6.54. The molecule has 3 heterocycles. The molecular weight excluding hydrogens is 331 g/mol. The van der Waals surface area contributed by atoms with E-state index < -0.39 is 0 Å². The highest BCUT2D eigenvalue weighted by Crippen LogP contribution is 2.38. The molecule has 2 aromatic carbocycles. The highest BCUT2D eigenvalue weighted by atomic mass is 19.1. The van der Waals surface area contributed by atoms with Gasteiger partial charge in [0.1, 0.15) is 18.2 Å². The van der Waals surface area contributed by atoms with E-state index in [0.29, 0.717) is 29.2 Å². The lowest BCUT2D eigenvalue weighted by Crippen LogP contribution is -2.05. The first-order valence-corrected chi connectivity index (χ1v) is 8.34. The van der Waals surface area contributed by atoms with Crippen LogP contribution in [-0.4, -0.2) is 17.1 Å². The Morgan fingerprint density at radius 1 is 1.15 bits per heavy atom. The third-order valence-electron chi connectivity index (χ3n) is 4.92. The molecule has 1 amide bonds. The maximum atomic E-state index is 13.4. The lowest BCUT2D eigenvalue weighted by atomic mass is 10.0. The third kappa shape index (κ3) is 2.17. The number of carbonyl (C=O) groups excluding carboxylic acids is 1. The van der Waals surface area contributed by atoms with Crippen molar-refractivity contribution >= 4 is 33.6 Å². The van der Waals surface area contributed by atoms with Gasteiger partial charge in [-0.05, 0) is 48.0 Å². The molecule has 5 heteroatoms. The number of benzene rings is 2. The van der Waals surface area contributed by atoms with Crippen molar-refractivity contribution in [1.82, 2.24) is 4.57 Å². The van der Waals surface area contributed by atoms with Gasteiger partial charge in [-0.1, -0.05) is 6.07 Å². The standard InChI is InChI=1S/C21H15FN2O2/c1-24-7-6-13-8-12(2-5-18(13)24)14-9-19(26-11-14)20-16-4-3-15(22)10-17(16)23-21(20)25/h2-10H,11H2,1H3,(H,23,25). The highest BCUT2D eigenvalue weighted by molar-refractivity contribution is 6.32. The predicted octanol–water partition coefficient (Wildman–Crippen LogP) is 4.09. The summed E-state index contributed by atoms with van der Waals surface area (Å²) in [6, 6.07) is 12.6. The summed E-state index contributed by atoms with van der Waals surface area (Å²) in [5, 5.41) is 3.86. The molecule has 0 fully saturated rings. The van der Waals surface area contributed by atoms with Crippen LogP contribution in [0.5, 0.6) is 0 Å². The van der Waals surface area contributed by atoms with E-state index in [0.717, 1.165) is 22.0 Å². The van der Waals surface area contributed by atoms with Gasteiger partial charge in [-0.2, -0.15) is 0 Å². The van der Waals surface area contributed by atoms with Crippen molar-refractivity contribution in [3.63, 3.8) is 0 Å². The number of carbonyl (C=O) groups is 1. The molecule has 0 atom stereocenters. The van der Waals surface area contributed by atoms with Crippen LogP contribution < -0.4 is 5.32 Å². The Morgan fingerprint density at radius 2 is 2.04 bits per heavy atom. The van der Waals surface area contributed by atoms with Gasteiger partial charge in [0, 0.05) is 35.3 Å². The Morgan fingerprint density at radius 3 is 2.92 bits per heavy atom. The molecule has 5 rings (SSSR count). The van der Waals surface area contributed by atoms with Crippen LogP contribution in [-0.2, 0) is 16.6 Å². The number of allylic oxidation sites excluding steroid dienone is 1. The SMILES string of the molecule is Cn1ccc2cc(C3=CC(=C4C(=O)Nc5cc(F)ccc54)OC3)ccc21. The van der Waals surface area contributed by atoms with Gasteiger partial charge in [0.2, 0.25) is 0 Å². The summed E-state index contributed by atoms with van der Waals surface area (Å²) in [5.41, 5.74) is 4.85. The van der Waals surface area contributed by atoms with Crippen molar-refractivity contribution in [2.45, 2.75) is 0 Å². The minimum Gasteiger partial charge on any atom is -0.488 e. The van der Waals surface area contributed by atoms with Gasteiger partial charge in [0.05, 0.1) is 11.3 Å². The second kappa shape index (κ2) is 5.33. The van der Waals surface area contributed by atoms with Gasteiger partial charge in [-0.15, -0.1) is 0 Å². The van der Waals surface area contributed by atoms with Crippen molar-refractivity contribution in [3.05, 3.63) is 77.4 Å². The van der Waals surface area contributed by atoms with Crippen LogP contribution in [0.15, 0.2) is 60.5 Å². The van der Waals surface area contributed by atoms with E-state index in [9.17, 15) is 9.18 Å². The van der Waals surface area contributed by atoms with E-state index in [-0.39, 0.29) is 11.7 Å². The van der Waals surface area contributed by atoms with Gasteiger partial charge in [-0.3, -0.25) is 4.79 Å². The summed E-state index contributed by atoms with van der Waals surface area (Å²) in [6.07, 6.45) is 3.93. The Balaban J connectivity index is 1.59. The quantitative estimate of drug-likeness (QED) is 0.674. The van der Waals surface area contributed by atoms with Gasteiger partial charge >= 0.3 is 0 Å². The van der Waals surface area contributed by atoms with E-state index in [4.69, 9.17) is 4.74 Å². The lowest BCUT2D eigenvalue weighted by molar-refractivity contribution is -0.110. The Hall–Kier alpha value is -3.34. The molecule has 3 aromatic rings. The molecule has 0 aliphatic carbocycles. The minimum atomic E-state index is -0.380. The van der Waals surface area contributed by atoms with E-state index in [2.05, 4.69) is 34.1 Å². The van der Waals surface area contributed by atoms with Crippen LogP contribution in [0.3, 0.4) is 0 Å². The summed E-state index contributed by atoms with van der Waals surface area (Å²) in [7, 11) is 2.02. The molecule has 4 nitrogen and oxygen atoms in total. The van der Waals surface area contributed by atoms with Gasteiger partial charge < -0.3 is 14.6 Å². The molecule has 26 heavy (non-hydrogen) atoms. The first kappa shape index (κ1) is 15.0. The molecule has 0 bridgehead atoms. The van der Waals surface area contributed by atoms with E-state index in [1.54, 1.807) is 6.07 Å². The number of fused-ring (bicyclic) bond motifs is 2. The first-order valence-electron chi connectivity index (χ1n) is 8.34. The zero-order chi connectivity index (χ0) is 17.8. The summed E-state index contributed by atoms with van der Waals surface area (Å²) in [5.74, 6) is -0.123. The molecular formula is C21H15FN2O2. The van der Waals surface area contributed by atoms with E-state index in [1.807, 2.05) is 19.3 Å². The number of nitrogens with zero attached hydrogens (tertiary/aromatic N) is 1. The monoisotopic (exact) mass is 346 g/mol. The van der Waals surface area contributed by atoms with Crippen LogP contribution in [0.1, 0.15) is 11.1 Å². The van der Waals surface area contributed by atoms with Gasteiger partial charge in [0.25, 0.3) is 5.91 Å². The maximum Gasteiger partial charge on any atom is 0.260 e. The Bertz CT molecular complexity index is 1150. The summed E-state index contributed by atoms with van der Waals surface area (Å²) in [6.45, 7) is 0.404. The normalized spacial score (nSPS) is 18.7. The number of amides is 1. The summed E-state index contributed by atoms with van der Waals surface area (Å²) >= 11 is 0. The number of hydrogen-bond acceptors (Lipinski definition) is 2. The zero-order valence-electron chi connectivity index (χ0n) is 14.0.